The molecule has 8 heteroatoms. The molecule has 0 aromatic heterocycles. The van der Waals surface area contributed by atoms with E-state index in [1.807, 2.05) is 0 Å². The van der Waals surface area contributed by atoms with Gasteiger partial charge in [0, 0.05) is 11.6 Å². The maximum Gasteiger partial charge on any atom is 0.339 e. The normalized spacial score (nSPS) is 10.9. The fourth-order valence-corrected chi connectivity index (χ4v) is 2.93. The number of ketones is 1. The van der Waals surface area contributed by atoms with Gasteiger partial charge in [0.1, 0.15) is 10.6 Å². The zero-order valence-electron chi connectivity index (χ0n) is 13.0. The van der Waals surface area contributed by atoms with Gasteiger partial charge in [-0.2, -0.15) is 8.42 Å². The first-order valence-electron chi connectivity index (χ1n) is 6.78. The largest absolute Gasteiger partial charge is 0.497 e. The molecule has 2 aromatic rings. The molecule has 2 aromatic carbocycles. The van der Waals surface area contributed by atoms with E-state index in [4.69, 9.17) is 14.7 Å². The van der Waals surface area contributed by atoms with Gasteiger partial charge < -0.3 is 14.7 Å². The van der Waals surface area contributed by atoms with Crippen LogP contribution in [0, 0.1) is 0 Å². The van der Waals surface area contributed by atoms with Crippen LogP contribution in [-0.2, 0) is 10.1 Å². The predicted molar refractivity (Wildman–Crippen MR) is 85.8 cm³/mol. The molecule has 0 radical (unpaired) electrons. The van der Waals surface area contributed by atoms with Crippen molar-refractivity contribution < 1.29 is 26.9 Å². The van der Waals surface area contributed by atoms with E-state index in [-0.39, 0.29) is 27.6 Å². The van der Waals surface area contributed by atoms with Crippen molar-refractivity contribution in [3.05, 3.63) is 53.6 Å². The molecule has 0 aliphatic carbocycles. The van der Waals surface area contributed by atoms with E-state index in [1.165, 1.54) is 56.5 Å². The Hall–Kier alpha value is -2.87. The van der Waals surface area contributed by atoms with E-state index in [2.05, 4.69) is 0 Å². The number of primary amides is 1. The van der Waals surface area contributed by atoms with E-state index >= 15 is 0 Å². The summed E-state index contributed by atoms with van der Waals surface area (Å²) in [5.74, 6) is -1.09. The maximum absolute atomic E-state index is 12.4. The number of benzene rings is 2. The summed E-state index contributed by atoms with van der Waals surface area (Å²) in [5, 5.41) is 0. The molecule has 0 saturated heterocycles. The van der Waals surface area contributed by atoms with Crippen LogP contribution in [0.1, 0.15) is 27.6 Å². The number of nitrogens with two attached hydrogens (primary N) is 1. The minimum Gasteiger partial charge on any atom is -0.497 e. The van der Waals surface area contributed by atoms with Crippen molar-refractivity contribution in [1.82, 2.24) is 0 Å². The standard InChI is InChI=1S/C16H15NO6S/c1-10(18)11-4-3-5-13(8-11)24(20,21)23-15-9-12(22-2)6-7-14(15)16(17)19/h3-9H,1-2H3,(H2,17,19). The summed E-state index contributed by atoms with van der Waals surface area (Å²) in [6.07, 6.45) is 0. The molecule has 24 heavy (non-hydrogen) atoms. The van der Waals surface area contributed by atoms with E-state index in [0.29, 0.717) is 5.75 Å². The summed E-state index contributed by atoms with van der Waals surface area (Å²) in [6.45, 7) is 1.32. The molecule has 0 unspecified atom stereocenters. The monoisotopic (exact) mass is 349 g/mol. The van der Waals surface area contributed by atoms with Gasteiger partial charge in [-0.25, -0.2) is 0 Å². The average Bonchev–Trinajstić information content (AvgIpc) is 2.54. The second-order valence-corrected chi connectivity index (χ2v) is 6.39. The van der Waals surface area contributed by atoms with Gasteiger partial charge in [0.25, 0.3) is 5.91 Å². The Labute approximate surface area is 139 Å². The van der Waals surface area contributed by atoms with Crippen molar-refractivity contribution in [3.8, 4) is 11.5 Å². The van der Waals surface area contributed by atoms with Gasteiger partial charge in [-0.3, -0.25) is 9.59 Å². The molecule has 1 amide bonds. The summed E-state index contributed by atoms with van der Waals surface area (Å²) >= 11 is 0. The topological polar surface area (TPSA) is 113 Å². The minimum absolute atomic E-state index is 0.109. The molecule has 2 rings (SSSR count). The number of carbonyl (C=O) groups is 2. The molecule has 0 atom stereocenters. The van der Waals surface area contributed by atoms with Gasteiger partial charge in [-0.15, -0.1) is 0 Å². The van der Waals surface area contributed by atoms with Crippen LogP contribution < -0.4 is 14.7 Å². The van der Waals surface area contributed by atoms with E-state index < -0.39 is 16.0 Å². The van der Waals surface area contributed by atoms with E-state index in [9.17, 15) is 18.0 Å². The first-order chi connectivity index (χ1) is 11.2. The third kappa shape index (κ3) is 3.72. The Kier molecular flexibility index (Phi) is 4.89. The quantitative estimate of drug-likeness (QED) is 0.628. The minimum atomic E-state index is -4.27. The van der Waals surface area contributed by atoms with Gasteiger partial charge in [0.2, 0.25) is 0 Å². The van der Waals surface area contributed by atoms with Crippen molar-refractivity contribution in [2.45, 2.75) is 11.8 Å². The molecular weight excluding hydrogens is 334 g/mol. The zero-order chi connectivity index (χ0) is 17.9. The summed E-state index contributed by atoms with van der Waals surface area (Å²) < 4.78 is 34.9. The van der Waals surface area contributed by atoms with E-state index in [0.717, 1.165) is 0 Å². The summed E-state index contributed by atoms with van der Waals surface area (Å²) in [4.78, 5) is 22.6. The Morgan fingerprint density at radius 1 is 1.08 bits per heavy atom. The van der Waals surface area contributed by atoms with Crippen LogP contribution in [0.2, 0.25) is 0 Å². The van der Waals surface area contributed by atoms with Crippen molar-refractivity contribution in [2.75, 3.05) is 7.11 Å². The van der Waals surface area contributed by atoms with Crippen molar-refractivity contribution in [2.24, 2.45) is 5.73 Å². The van der Waals surface area contributed by atoms with Crippen LogP contribution in [-0.4, -0.2) is 27.2 Å². The number of rotatable bonds is 6. The van der Waals surface area contributed by atoms with Gasteiger partial charge in [0.05, 0.1) is 12.7 Å². The van der Waals surface area contributed by atoms with Crippen LogP contribution in [0.5, 0.6) is 11.5 Å². The third-order valence-corrected chi connectivity index (χ3v) is 4.41. The molecular formula is C16H15NO6S. The van der Waals surface area contributed by atoms with Crippen LogP contribution in [0.3, 0.4) is 0 Å². The fourth-order valence-electron chi connectivity index (χ4n) is 1.94. The van der Waals surface area contributed by atoms with Gasteiger partial charge >= 0.3 is 10.1 Å². The Balaban J connectivity index is 2.48. The second kappa shape index (κ2) is 6.71. The maximum atomic E-state index is 12.4. The highest BCUT2D eigenvalue weighted by Gasteiger charge is 2.21. The number of Topliss-reactive ketones (excluding diaryl/α,β-unsaturated/α-hetero) is 1. The number of methoxy groups -OCH3 is 1. The molecule has 0 saturated carbocycles. The number of hydrogen-bond donors (Lipinski definition) is 1. The summed E-state index contributed by atoms with van der Waals surface area (Å²) in [7, 11) is -2.88. The SMILES string of the molecule is COc1ccc(C(N)=O)c(OS(=O)(=O)c2cccc(C(C)=O)c2)c1. The summed E-state index contributed by atoms with van der Waals surface area (Å²) in [5.41, 5.74) is 5.34. The molecule has 126 valence electrons. The molecule has 0 bridgehead atoms. The van der Waals surface area contributed by atoms with Crippen LogP contribution >= 0.6 is 0 Å². The molecule has 0 heterocycles. The lowest BCUT2D eigenvalue weighted by Crippen LogP contribution is -2.16. The predicted octanol–water partition coefficient (Wildman–Crippen LogP) is 1.76. The van der Waals surface area contributed by atoms with Gasteiger partial charge in [-0.1, -0.05) is 12.1 Å². The van der Waals surface area contributed by atoms with Gasteiger partial charge in [-0.05, 0) is 31.2 Å². The first kappa shape index (κ1) is 17.5. The third-order valence-electron chi connectivity index (χ3n) is 3.18. The molecule has 0 aliphatic heterocycles. The summed E-state index contributed by atoms with van der Waals surface area (Å²) in [6, 6.07) is 9.39. The lowest BCUT2D eigenvalue weighted by Gasteiger charge is -2.11. The highest BCUT2D eigenvalue weighted by atomic mass is 32.2. The van der Waals surface area contributed by atoms with E-state index in [1.54, 1.807) is 0 Å². The highest BCUT2D eigenvalue weighted by Crippen LogP contribution is 2.28. The Bertz CT molecular complexity index is 905. The Morgan fingerprint density at radius 2 is 1.79 bits per heavy atom. The lowest BCUT2D eigenvalue weighted by atomic mass is 10.2. The second-order valence-electron chi connectivity index (χ2n) is 4.85. The fraction of sp³-hybridized carbons (Fsp3) is 0.125. The van der Waals surface area contributed by atoms with Gasteiger partial charge in [0.15, 0.2) is 11.5 Å². The number of ether oxygens (including phenoxy) is 1. The highest BCUT2D eigenvalue weighted by molar-refractivity contribution is 7.87. The first-order valence-corrected chi connectivity index (χ1v) is 8.19. The lowest BCUT2D eigenvalue weighted by molar-refractivity contribution is 0.0995. The zero-order valence-corrected chi connectivity index (χ0v) is 13.8. The smallest absolute Gasteiger partial charge is 0.339 e. The van der Waals surface area contributed by atoms with Crippen molar-refractivity contribution >= 4 is 21.8 Å². The average molecular weight is 349 g/mol. The molecule has 7 nitrogen and oxygen atoms in total. The van der Waals surface area contributed by atoms with Crippen LogP contribution in [0.4, 0.5) is 0 Å². The molecule has 0 fully saturated rings. The van der Waals surface area contributed by atoms with Crippen molar-refractivity contribution in [1.29, 1.82) is 0 Å². The number of carbonyl (C=O) groups excluding carboxylic acids is 2. The molecule has 0 spiro atoms. The van der Waals surface area contributed by atoms with Crippen molar-refractivity contribution in [3.63, 3.8) is 0 Å². The van der Waals surface area contributed by atoms with Crippen LogP contribution in [0.25, 0.3) is 0 Å². The molecule has 2 N–H and O–H groups in total. The van der Waals surface area contributed by atoms with Crippen LogP contribution in [0.15, 0.2) is 47.4 Å². The number of hydrogen-bond acceptors (Lipinski definition) is 6. The number of amides is 1. The molecule has 0 aliphatic rings. The Morgan fingerprint density at radius 3 is 2.38 bits per heavy atom.